The second-order valence-corrected chi connectivity index (χ2v) is 19.6. The lowest BCUT2D eigenvalue weighted by Gasteiger charge is -2.16. The van der Waals surface area contributed by atoms with Gasteiger partial charge in [0.15, 0.2) is 0 Å². The molecule has 0 aliphatic rings. The van der Waals surface area contributed by atoms with Gasteiger partial charge in [-0.2, -0.15) is 0 Å². The average molecular weight is 859 g/mol. The first-order chi connectivity index (χ1) is 30.1. The lowest BCUT2D eigenvalue weighted by atomic mass is 10.0. The van der Waals surface area contributed by atoms with Gasteiger partial charge in [0.25, 0.3) is 0 Å². The van der Waals surface area contributed by atoms with Crippen LogP contribution in [0.1, 0.15) is 328 Å². The van der Waals surface area contributed by atoms with Crippen LogP contribution < -0.4 is 5.32 Å². The minimum atomic E-state index is -0.0708. The zero-order valence-electron chi connectivity index (χ0n) is 41.9. The average Bonchev–Trinajstić information content (AvgIpc) is 3.26. The zero-order valence-corrected chi connectivity index (χ0v) is 41.9. The van der Waals surface area contributed by atoms with Gasteiger partial charge in [-0.1, -0.05) is 270 Å². The summed E-state index contributed by atoms with van der Waals surface area (Å²) < 4.78 is 0. The summed E-state index contributed by atoms with van der Waals surface area (Å²) in [7, 11) is 0. The van der Waals surface area contributed by atoms with Gasteiger partial charge in [0.2, 0.25) is 5.91 Å². The number of rotatable bonds is 53. The molecule has 0 spiro atoms. The van der Waals surface area contributed by atoms with Gasteiger partial charge in [-0.15, -0.1) is 0 Å². The van der Waals surface area contributed by atoms with Gasteiger partial charge >= 0.3 is 0 Å². The quantitative estimate of drug-likeness (QED) is 0.0473. The highest BCUT2D eigenvalue weighted by atomic mass is 16.3. The van der Waals surface area contributed by atoms with Gasteiger partial charge in [-0.05, 0) is 51.4 Å². The van der Waals surface area contributed by atoms with Crippen molar-refractivity contribution in [1.29, 1.82) is 0 Å². The first-order valence-electron chi connectivity index (χ1n) is 28.2. The summed E-state index contributed by atoms with van der Waals surface area (Å²) in [4.78, 5) is 24.7. The van der Waals surface area contributed by atoms with Crippen molar-refractivity contribution in [2.75, 3.05) is 6.61 Å². The molecule has 0 heterocycles. The summed E-state index contributed by atoms with van der Waals surface area (Å²) in [5, 5.41) is 12.9. The van der Waals surface area contributed by atoms with Crippen molar-refractivity contribution in [3.8, 4) is 0 Å². The van der Waals surface area contributed by atoms with Crippen LogP contribution in [0.2, 0.25) is 0 Å². The second kappa shape index (κ2) is 53.2. The van der Waals surface area contributed by atoms with Crippen LogP contribution in [-0.4, -0.2) is 29.4 Å². The van der Waals surface area contributed by atoms with Crippen molar-refractivity contribution < 1.29 is 14.7 Å². The Morgan fingerprint density at radius 3 is 0.934 bits per heavy atom. The number of hydrogen-bond acceptors (Lipinski definition) is 3. The van der Waals surface area contributed by atoms with Crippen molar-refractivity contribution in [1.82, 2.24) is 5.32 Å². The predicted molar refractivity (Wildman–Crippen MR) is 271 cm³/mol. The summed E-state index contributed by atoms with van der Waals surface area (Å²) in [6, 6.07) is -0.0708. The number of amides is 1. The molecule has 0 saturated heterocycles. The van der Waals surface area contributed by atoms with Gasteiger partial charge in [-0.3, -0.25) is 9.59 Å². The van der Waals surface area contributed by atoms with Crippen molar-refractivity contribution >= 4 is 11.7 Å². The fourth-order valence-electron chi connectivity index (χ4n) is 9.05. The Bertz CT molecular complexity index is 886. The van der Waals surface area contributed by atoms with Crippen LogP contribution in [0, 0.1) is 0 Å². The minimum absolute atomic E-state index is 0.0584. The molecular formula is C57H111NO3. The third-order valence-electron chi connectivity index (χ3n) is 13.3. The van der Waals surface area contributed by atoms with E-state index >= 15 is 0 Å². The van der Waals surface area contributed by atoms with E-state index < -0.39 is 0 Å². The smallest absolute Gasteiger partial charge is 0.220 e. The minimum Gasteiger partial charge on any atom is -0.394 e. The number of hydrogen-bond donors (Lipinski definition) is 2. The van der Waals surface area contributed by atoms with Gasteiger partial charge < -0.3 is 10.4 Å². The van der Waals surface area contributed by atoms with Gasteiger partial charge in [0.1, 0.15) is 5.78 Å². The lowest BCUT2D eigenvalue weighted by molar-refractivity contribution is -0.122. The van der Waals surface area contributed by atoms with E-state index in [4.69, 9.17) is 0 Å². The van der Waals surface area contributed by atoms with Crippen molar-refractivity contribution in [2.24, 2.45) is 0 Å². The number of aliphatic hydroxyl groups is 1. The van der Waals surface area contributed by atoms with Crippen molar-refractivity contribution in [3.63, 3.8) is 0 Å². The highest BCUT2D eigenvalue weighted by Gasteiger charge is 2.11. The summed E-state index contributed by atoms with van der Waals surface area (Å²) in [6.45, 7) is 4.63. The largest absolute Gasteiger partial charge is 0.394 e. The Balaban J connectivity index is 3.37. The zero-order chi connectivity index (χ0) is 44.2. The molecule has 0 unspecified atom stereocenters. The number of carbonyl (C=O) groups is 2. The maximum absolute atomic E-state index is 12.4. The molecule has 0 aliphatic heterocycles. The molecule has 2 N–H and O–H groups in total. The van der Waals surface area contributed by atoms with Crippen LogP contribution in [0.25, 0.3) is 0 Å². The van der Waals surface area contributed by atoms with Crippen molar-refractivity contribution in [2.45, 2.75) is 335 Å². The van der Waals surface area contributed by atoms with Crippen molar-refractivity contribution in [3.05, 3.63) is 12.2 Å². The SMILES string of the molecule is CCCCCCCCC=CCCCCCCCCCCCC(=O)CCCCCCCCCCCCCCC(=O)N[C@H](CO)CCCCCCCCCCCCCCCCCC. The summed E-state index contributed by atoms with van der Waals surface area (Å²) >= 11 is 0. The van der Waals surface area contributed by atoms with Crippen LogP contribution in [0.4, 0.5) is 0 Å². The highest BCUT2D eigenvalue weighted by Crippen LogP contribution is 2.17. The van der Waals surface area contributed by atoms with Crippen LogP contribution >= 0.6 is 0 Å². The van der Waals surface area contributed by atoms with Gasteiger partial charge in [0.05, 0.1) is 12.6 Å². The molecular weight excluding hydrogens is 747 g/mol. The molecule has 0 rings (SSSR count). The predicted octanol–water partition coefficient (Wildman–Crippen LogP) is 18.7. The second-order valence-electron chi connectivity index (χ2n) is 19.6. The third-order valence-corrected chi connectivity index (χ3v) is 13.3. The molecule has 0 aromatic heterocycles. The monoisotopic (exact) mass is 858 g/mol. The van der Waals surface area contributed by atoms with Crippen LogP contribution in [0.15, 0.2) is 12.2 Å². The summed E-state index contributed by atoms with van der Waals surface area (Å²) in [5.74, 6) is 0.617. The van der Waals surface area contributed by atoms with E-state index in [0.29, 0.717) is 12.2 Å². The molecule has 1 atom stereocenters. The van der Waals surface area contributed by atoms with E-state index in [2.05, 4.69) is 31.3 Å². The van der Waals surface area contributed by atoms with E-state index in [1.54, 1.807) is 0 Å². The molecule has 1 amide bonds. The molecule has 4 heteroatoms. The van der Waals surface area contributed by atoms with E-state index in [0.717, 1.165) is 51.4 Å². The first kappa shape index (κ1) is 59.8. The maximum atomic E-state index is 12.4. The number of allylic oxidation sites excluding steroid dienone is 2. The Hall–Kier alpha value is -1.16. The lowest BCUT2D eigenvalue weighted by Crippen LogP contribution is -2.37. The van der Waals surface area contributed by atoms with E-state index in [9.17, 15) is 14.7 Å². The molecule has 4 nitrogen and oxygen atoms in total. The molecule has 0 bridgehead atoms. The molecule has 0 fully saturated rings. The Kier molecular flexibility index (Phi) is 52.2. The number of nitrogens with one attached hydrogen (secondary N) is 1. The highest BCUT2D eigenvalue weighted by molar-refractivity contribution is 5.78. The first-order valence-corrected chi connectivity index (χ1v) is 28.2. The molecule has 0 radical (unpaired) electrons. The van der Waals surface area contributed by atoms with Crippen LogP contribution in [0.3, 0.4) is 0 Å². The Morgan fingerprint density at radius 2 is 0.623 bits per heavy atom. The summed E-state index contributed by atoms with van der Waals surface area (Å²) in [6.07, 6.45) is 67.4. The van der Waals surface area contributed by atoms with Gasteiger partial charge in [0, 0.05) is 19.3 Å². The standard InChI is InChI=1S/C57H111NO3/c1-3-5-7-9-11-13-15-17-19-21-22-23-25-27-31-35-39-43-47-51-56(60)52-48-44-40-36-32-28-29-33-37-41-45-49-53-57(61)58-55(54-59)50-46-42-38-34-30-26-24-20-18-16-14-12-10-8-6-4-2/h17,19,55,59H,3-16,18,20-54H2,1-2H3,(H,58,61)/t55-/m0/s1. The number of aliphatic hydroxyl groups excluding tert-OH is 1. The molecule has 0 saturated carbocycles. The van der Waals surface area contributed by atoms with Crippen LogP contribution in [-0.2, 0) is 9.59 Å². The molecule has 61 heavy (non-hydrogen) atoms. The van der Waals surface area contributed by atoms with Gasteiger partial charge in [-0.25, -0.2) is 0 Å². The van der Waals surface area contributed by atoms with E-state index in [-0.39, 0.29) is 18.6 Å². The Labute approximate surface area is 383 Å². The van der Waals surface area contributed by atoms with Crippen LogP contribution in [0.5, 0.6) is 0 Å². The summed E-state index contributed by atoms with van der Waals surface area (Å²) in [5.41, 5.74) is 0. The third kappa shape index (κ3) is 51.4. The number of carbonyl (C=O) groups excluding carboxylic acids is 2. The fraction of sp³-hybridized carbons (Fsp3) is 0.930. The number of ketones is 1. The normalized spacial score (nSPS) is 12.2. The maximum Gasteiger partial charge on any atom is 0.220 e. The molecule has 0 aromatic rings. The molecule has 0 aliphatic carbocycles. The number of unbranched alkanes of at least 4 members (excludes halogenated alkanes) is 41. The topological polar surface area (TPSA) is 66.4 Å². The number of Topliss-reactive ketones (excluding diaryl/α,β-unsaturated/α-hetero) is 1. The molecule has 362 valence electrons. The van der Waals surface area contributed by atoms with E-state index in [1.807, 2.05) is 0 Å². The Morgan fingerprint density at radius 1 is 0.361 bits per heavy atom. The molecule has 0 aromatic carbocycles. The fourth-order valence-corrected chi connectivity index (χ4v) is 9.05. The van der Waals surface area contributed by atoms with E-state index in [1.165, 1.54) is 257 Å².